The lowest BCUT2D eigenvalue weighted by atomic mass is 10.1. The highest BCUT2D eigenvalue weighted by atomic mass is 16.5. The van der Waals surface area contributed by atoms with Gasteiger partial charge >= 0.3 is 17.9 Å². The maximum atomic E-state index is 12.1. The van der Waals surface area contributed by atoms with Gasteiger partial charge in [-0.05, 0) is 36.4 Å². The summed E-state index contributed by atoms with van der Waals surface area (Å²) < 4.78 is 16.6. The Hall–Kier alpha value is -4.92. The first-order chi connectivity index (χ1) is 18.9. The van der Waals surface area contributed by atoms with E-state index < -0.39 is 17.9 Å². The van der Waals surface area contributed by atoms with Crippen molar-refractivity contribution in [3.05, 3.63) is 72.8 Å². The van der Waals surface area contributed by atoms with Crippen LogP contribution in [0.5, 0.6) is 17.2 Å². The van der Waals surface area contributed by atoms with Crippen LogP contribution in [0.2, 0.25) is 0 Å². The molecule has 0 radical (unpaired) electrons. The van der Waals surface area contributed by atoms with Gasteiger partial charge in [-0.3, -0.25) is 14.4 Å². The van der Waals surface area contributed by atoms with Crippen molar-refractivity contribution in [2.45, 2.75) is 40.0 Å². The van der Waals surface area contributed by atoms with E-state index in [1.165, 1.54) is 0 Å². The van der Waals surface area contributed by atoms with Crippen LogP contribution < -0.4 is 14.2 Å². The van der Waals surface area contributed by atoms with Gasteiger partial charge in [0.2, 0.25) is 0 Å². The number of benzene rings is 3. The molecule has 3 aromatic carbocycles. The molecule has 0 saturated carbocycles. The Bertz CT molecular complexity index is 1330. The number of hydrogen-bond donors (Lipinski definition) is 0. The van der Waals surface area contributed by atoms with E-state index in [4.69, 9.17) is 14.2 Å². The van der Waals surface area contributed by atoms with Gasteiger partial charge in [0.05, 0.1) is 16.7 Å². The fourth-order valence-corrected chi connectivity index (χ4v) is 3.54. The lowest BCUT2D eigenvalue weighted by Crippen LogP contribution is -2.09. The zero-order valence-corrected chi connectivity index (χ0v) is 21.8. The van der Waals surface area contributed by atoms with Crippen LogP contribution in [0.3, 0.4) is 0 Å². The molecule has 0 amide bonds. The molecule has 0 fully saturated rings. The molecule has 0 bridgehead atoms. The Morgan fingerprint density at radius 1 is 0.487 bits per heavy atom. The van der Waals surface area contributed by atoms with Gasteiger partial charge in [-0.25, -0.2) is 15.0 Å². The SMILES string of the molecule is CCC(=O)Oc1ccccc1-c1nc(-c2ccccc2OC(=O)CC)nc(-c2ccccc2OC(=O)CC)n1. The molecule has 9 heteroatoms. The topological polar surface area (TPSA) is 118 Å². The van der Waals surface area contributed by atoms with Gasteiger partial charge in [0.1, 0.15) is 17.2 Å². The number of ether oxygens (including phenoxy) is 3. The molecule has 39 heavy (non-hydrogen) atoms. The minimum Gasteiger partial charge on any atom is -0.426 e. The van der Waals surface area contributed by atoms with Gasteiger partial charge in [-0.15, -0.1) is 0 Å². The third-order valence-corrected chi connectivity index (χ3v) is 5.56. The summed E-state index contributed by atoms with van der Waals surface area (Å²) in [5, 5.41) is 0. The number of aromatic nitrogens is 3. The van der Waals surface area contributed by atoms with Crippen molar-refractivity contribution in [2.75, 3.05) is 0 Å². The largest absolute Gasteiger partial charge is 0.426 e. The number of rotatable bonds is 9. The smallest absolute Gasteiger partial charge is 0.310 e. The summed E-state index contributed by atoms with van der Waals surface area (Å²) in [5.74, 6) is 0.242. The van der Waals surface area contributed by atoms with E-state index in [0.717, 1.165) is 0 Å². The lowest BCUT2D eigenvalue weighted by molar-refractivity contribution is -0.134. The second-order valence-corrected chi connectivity index (χ2v) is 8.28. The first kappa shape index (κ1) is 27.1. The van der Waals surface area contributed by atoms with Gasteiger partial charge in [-0.1, -0.05) is 57.2 Å². The monoisotopic (exact) mass is 525 g/mol. The Morgan fingerprint density at radius 3 is 1.00 bits per heavy atom. The quantitative estimate of drug-likeness (QED) is 0.197. The number of carbonyl (C=O) groups excluding carboxylic acids is 3. The molecule has 9 nitrogen and oxygen atoms in total. The molecule has 1 aromatic heterocycles. The van der Waals surface area contributed by atoms with Crippen LogP contribution in [-0.2, 0) is 14.4 Å². The predicted octanol–water partition coefficient (Wildman–Crippen LogP) is 5.82. The molecule has 0 aliphatic heterocycles. The average Bonchev–Trinajstić information content (AvgIpc) is 2.97. The molecule has 0 saturated heterocycles. The van der Waals surface area contributed by atoms with Crippen molar-refractivity contribution in [1.82, 2.24) is 15.0 Å². The molecular weight excluding hydrogens is 498 g/mol. The third kappa shape index (κ3) is 6.51. The molecule has 0 aliphatic carbocycles. The van der Waals surface area contributed by atoms with E-state index in [0.29, 0.717) is 16.7 Å². The number of esters is 3. The minimum atomic E-state index is -0.411. The van der Waals surface area contributed by atoms with Crippen molar-refractivity contribution in [3.63, 3.8) is 0 Å². The summed E-state index contributed by atoms with van der Waals surface area (Å²) >= 11 is 0. The molecule has 0 aliphatic rings. The van der Waals surface area contributed by atoms with E-state index in [1.54, 1.807) is 93.6 Å². The number of nitrogens with zero attached hydrogens (tertiary/aromatic N) is 3. The van der Waals surface area contributed by atoms with Crippen LogP contribution >= 0.6 is 0 Å². The summed E-state index contributed by atoms with van der Waals surface area (Å²) in [6.45, 7) is 5.10. The van der Waals surface area contributed by atoms with Crippen molar-refractivity contribution in [3.8, 4) is 51.4 Å². The van der Waals surface area contributed by atoms with Crippen molar-refractivity contribution in [2.24, 2.45) is 0 Å². The van der Waals surface area contributed by atoms with Crippen LogP contribution in [0, 0.1) is 0 Å². The van der Waals surface area contributed by atoms with Gasteiger partial charge < -0.3 is 14.2 Å². The van der Waals surface area contributed by atoms with Crippen molar-refractivity contribution >= 4 is 17.9 Å². The normalized spacial score (nSPS) is 10.5. The van der Waals surface area contributed by atoms with Gasteiger partial charge in [0.25, 0.3) is 0 Å². The second kappa shape index (κ2) is 12.6. The highest BCUT2D eigenvalue weighted by Crippen LogP contribution is 2.35. The maximum absolute atomic E-state index is 12.1. The zero-order valence-electron chi connectivity index (χ0n) is 21.8. The molecular formula is C30H27N3O6. The first-order valence-corrected chi connectivity index (χ1v) is 12.6. The first-order valence-electron chi connectivity index (χ1n) is 12.6. The van der Waals surface area contributed by atoms with Crippen LogP contribution in [0.4, 0.5) is 0 Å². The van der Waals surface area contributed by atoms with Gasteiger partial charge in [-0.2, -0.15) is 0 Å². The lowest BCUT2D eigenvalue weighted by Gasteiger charge is -2.14. The average molecular weight is 526 g/mol. The van der Waals surface area contributed by atoms with Crippen LogP contribution in [0.25, 0.3) is 34.2 Å². The van der Waals surface area contributed by atoms with Gasteiger partial charge in [0.15, 0.2) is 17.5 Å². The third-order valence-electron chi connectivity index (χ3n) is 5.56. The molecule has 1 heterocycles. The summed E-state index contributed by atoms with van der Waals surface area (Å²) in [7, 11) is 0. The number of carbonyl (C=O) groups is 3. The number of hydrogen-bond acceptors (Lipinski definition) is 9. The Kier molecular flexibility index (Phi) is 8.73. The second-order valence-electron chi connectivity index (χ2n) is 8.28. The number of para-hydroxylation sites is 3. The molecule has 4 aromatic rings. The van der Waals surface area contributed by atoms with Crippen molar-refractivity contribution in [1.29, 1.82) is 0 Å². The van der Waals surface area contributed by atoms with Crippen LogP contribution in [0.1, 0.15) is 40.0 Å². The molecule has 0 spiro atoms. The van der Waals surface area contributed by atoms with Gasteiger partial charge in [0, 0.05) is 19.3 Å². The summed E-state index contributed by atoms with van der Waals surface area (Å²) in [4.78, 5) is 50.4. The molecule has 198 valence electrons. The van der Waals surface area contributed by atoms with E-state index in [-0.39, 0.29) is 54.0 Å². The summed E-state index contributed by atoms with van der Waals surface area (Å²) in [6, 6.07) is 20.7. The fourth-order valence-electron chi connectivity index (χ4n) is 3.54. The van der Waals surface area contributed by atoms with E-state index in [9.17, 15) is 14.4 Å². The Balaban J connectivity index is 1.95. The van der Waals surface area contributed by atoms with E-state index in [2.05, 4.69) is 15.0 Å². The minimum absolute atomic E-state index is 0.189. The standard InChI is InChI=1S/C30H27N3O6/c1-4-25(34)37-22-16-10-7-13-19(22)28-31-29(20-14-8-11-17-23(20)38-26(35)5-2)33-30(32-28)21-15-9-12-18-24(21)39-27(36)6-3/h7-18H,4-6H2,1-3H3. The Morgan fingerprint density at radius 2 is 0.744 bits per heavy atom. The fraction of sp³-hybridized carbons (Fsp3) is 0.200. The van der Waals surface area contributed by atoms with Crippen molar-refractivity contribution < 1.29 is 28.6 Å². The molecule has 0 unspecified atom stereocenters. The molecule has 0 N–H and O–H groups in total. The maximum Gasteiger partial charge on any atom is 0.310 e. The zero-order chi connectivity index (χ0) is 27.8. The molecule has 4 rings (SSSR count). The van der Waals surface area contributed by atoms with Crippen LogP contribution in [-0.4, -0.2) is 32.9 Å². The van der Waals surface area contributed by atoms with Crippen LogP contribution in [0.15, 0.2) is 72.8 Å². The summed E-state index contributed by atoms with van der Waals surface area (Å²) in [6.07, 6.45) is 0.567. The molecule has 0 atom stereocenters. The summed E-state index contributed by atoms with van der Waals surface area (Å²) in [5.41, 5.74) is 1.36. The predicted molar refractivity (Wildman–Crippen MR) is 144 cm³/mol. The van der Waals surface area contributed by atoms with E-state index in [1.807, 2.05) is 0 Å². The van der Waals surface area contributed by atoms with E-state index >= 15 is 0 Å². The Labute approximate surface area is 225 Å². The highest BCUT2D eigenvalue weighted by Gasteiger charge is 2.21. The highest BCUT2D eigenvalue weighted by molar-refractivity contribution is 5.80.